The number of aromatic nitrogens is 5. The molecule has 134 valence electrons. The first kappa shape index (κ1) is 17.1. The zero-order chi connectivity index (χ0) is 18.1. The summed E-state index contributed by atoms with van der Waals surface area (Å²) < 4.78 is 14.0. The van der Waals surface area contributed by atoms with Crippen LogP contribution >= 0.6 is 0 Å². The van der Waals surface area contributed by atoms with Gasteiger partial charge in [0.2, 0.25) is 0 Å². The Kier molecular flexibility index (Phi) is 4.53. The van der Waals surface area contributed by atoms with E-state index in [4.69, 9.17) is 9.47 Å². The number of carbonyl (C=O) groups is 1. The average Bonchev–Trinajstić information content (AvgIpc) is 3.15. The predicted molar refractivity (Wildman–Crippen MR) is 85.0 cm³/mol. The molecule has 0 radical (unpaired) electrons. The molecule has 3 rings (SSSR count). The first-order valence-corrected chi connectivity index (χ1v) is 7.84. The number of nitrogens with one attached hydrogen (secondary N) is 1. The lowest BCUT2D eigenvalue weighted by molar-refractivity contribution is -0.146. The van der Waals surface area contributed by atoms with E-state index in [1.807, 2.05) is 6.92 Å². The van der Waals surface area contributed by atoms with Gasteiger partial charge < -0.3 is 9.47 Å². The van der Waals surface area contributed by atoms with Gasteiger partial charge in [-0.05, 0) is 13.8 Å². The van der Waals surface area contributed by atoms with Gasteiger partial charge in [0.25, 0.3) is 5.56 Å². The predicted octanol–water partition coefficient (Wildman–Crippen LogP) is -0.163. The van der Waals surface area contributed by atoms with Crippen LogP contribution < -0.4 is 11.2 Å². The fraction of sp³-hybridized carbons (Fsp3) is 0.533. The highest BCUT2D eigenvalue weighted by molar-refractivity contribution is 5.65. The summed E-state index contributed by atoms with van der Waals surface area (Å²) in [6.07, 6.45) is 2.54. The van der Waals surface area contributed by atoms with Crippen LogP contribution in [0.25, 0.3) is 0 Å². The van der Waals surface area contributed by atoms with E-state index in [1.54, 1.807) is 17.8 Å². The zero-order valence-corrected chi connectivity index (χ0v) is 14.1. The van der Waals surface area contributed by atoms with Crippen molar-refractivity contribution in [2.24, 2.45) is 0 Å². The fourth-order valence-electron chi connectivity index (χ4n) is 2.84. The second-order valence-electron chi connectivity index (χ2n) is 6.05. The van der Waals surface area contributed by atoms with Gasteiger partial charge in [-0.1, -0.05) is 5.21 Å². The molecule has 1 saturated heterocycles. The Labute approximate surface area is 142 Å². The number of nitrogens with zero attached hydrogens (tertiary/aromatic N) is 4. The largest absolute Gasteiger partial charge is 0.463 e. The fourth-order valence-corrected chi connectivity index (χ4v) is 2.84. The standard InChI is InChI=1S/C15H19N5O5/c1-8-5-19(15(23)16-14(8)22)13-4-11(20-6-9(2)17-18-20)12(25-13)7-24-10(3)21/h5-6,11-13H,4,7H2,1-3H3,(H,16,22,23)/t11-,12+,13+/m0/s1. The quantitative estimate of drug-likeness (QED) is 0.761. The molecule has 0 amide bonds. The minimum Gasteiger partial charge on any atom is -0.463 e. The Hall–Kier alpha value is -2.75. The van der Waals surface area contributed by atoms with Gasteiger partial charge in [-0.25, -0.2) is 9.48 Å². The summed E-state index contributed by atoms with van der Waals surface area (Å²) in [6.45, 7) is 4.77. The van der Waals surface area contributed by atoms with E-state index in [9.17, 15) is 14.4 Å². The molecular weight excluding hydrogens is 330 g/mol. The normalized spacial score (nSPS) is 22.9. The molecular formula is C15H19N5O5. The van der Waals surface area contributed by atoms with Crippen LogP contribution in [0.1, 0.15) is 36.9 Å². The summed E-state index contributed by atoms with van der Waals surface area (Å²) in [7, 11) is 0. The lowest BCUT2D eigenvalue weighted by Crippen LogP contribution is -2.33. The lowest BCUT2D eigenvalue weighted by atomic mass is 10.1. The molecule has 10 nitrogen and oxygen atoms in total. The van der Waals surface area contributed by atoms with Crippen LogP contribution in [0.3, 0.4) is 0 Å². The van der Waals surface area contributed by atoms with Crippen LogP contribution in [0.15, 0.2) is 22.0 Å². The van der Waals surface area contributed by atoms with Crippen molar-refractivity contribution in [3.63, 3.8) is 0 Å². The lowest BCUT2D eigenvalue weighted by Gasteiger charge is -2.17. The number of hydrogen-bond acceptors (Lipinski definition) is 7. The molecule has 2 aromatic heterocycles. The van der Waals surface area contributed by atoms with Gasteiger partial charge in [-0.15, -0.1) is 5.10 Å². The van der Waals surface area contributed by atoms with Crippen molar-refractivity contribution in [1.29, 1.82) is 0 Å². The van der Waals surface area contributed by atoms with Gasteiger partial charge in [0.15, 0.2) is 0 Å². The second kappa shape index (κ2) is 6.63. The summed E-state index contributed by atoms with van der Waals surface area (Å²) in [5.74, 6) is -0.419. The van der Waals surface area contributed by atoms with Crippen LogP contribution in [-0.2, 0) is 14.3 Å². The minimum absolute atomic E-state index is 0.0342. The summed E-state index contributed by atoms with van der Waals surface area (Å²) >= 11 is 0. The first-order valence-electron chi connectivity index (χ1n) is 7.84. The Morgan fingerprint density at radius 1 is 1.40 bits per heavy atom. The molecule has 0 aromatic carbocycles. The molecule has 0 unspecified atom stereocenters. The summed E-state index contributed by atoms with van der Waals surface area (Å²) in [4.78, 5) is 37.0. The van der Waals surface area contributed by atoms with Crippen molar-refractivity contribution >= 4 is 5.97 Å². The summed E-state index contributed by atoms with van der Waals surface area (Å²) in [6, 6.07) is -0.260. The van der Waals surface area contributed by atoms with E-state index in [0.29, 0.717) is 12.0 Å². The summed E-state index contributed by atoms with van der Waals surface area (Å²) in [5.41, 5.74) is 0.160. The Morgan fingerprint density at radius 3 is 2.80 bits per heavy atom. The number of ether oxygens (including phenoxy) is 2. The number of hydrogen-bond donors (Lipinski definition) is 1. The van der Waals surface area contributed by atoms with E-state index < -0.39 is 29.6 Å². The molecule has 0 spiro atoms. The molecule has 3 heterocycles. The zero-order valence-electron chi connectivity index (χ0n) is 14.1. The van der Waals surface area contributed by atoms with Crippen molar-refractivity contribution in [3.05, 3.63) is 44.5 Å². The number of rotatable bonds is 4. The Balaban J connectivity index is 1.90. The maximum Gasteiger partial charge on any atom is 0.330 e. The molecule has 25 heavy (non-hydrogen) atoms. The Morgan fingerprint density at radius 2 is 2.16 bits per heavy atom. The second-order valence-corrected chi connectivity index (χ2v) is 6.05. The maximum atomic E-state index is 12.1. The minimum atomic E-state index is -0.613. The van der Waals surface area contributed by atoms with Crippen LogP contribution in [-0.4, -0.2) is 43.2 Å². The highest BCUT2D eigenvalue weighted by atomic mass is 16.6. The van der Waals surface area contributed by atoms with E-state index in [0.717, 1.165) is 5.69 Å². The molecule has 3 atom stereocenters. The third-order valence-electron chi connectivity index (χ3n) is 4.08. The van der Waals surface area contributed by atoms with Gasteiger partial charge in [-0.2, -0.15) is 0 Å². The van der Waals surface area contributed by atoms with Crippen molar-refractivity contribution in [2.75, 3.05) is 6.61 Å². The SMILES string of the molecule is CC(=O)OC[C@H]1O[C@@H](n2cc(C)c(=O)[nH]c2=O)C[C@@H]1n1cc(C)nn1. The summed E-state index contributed by atoms with van der Waals surface area (Å²) in [5, 5.41) is 8.02. The topological polar surface area (TPSA) is 121 Å². The van der Waals surface area contributed by atoms with Gasteiger partial charge in [0, 0.05) is 31.3 Å². The molecule has 0 saturated carbocycles. The third kappa shape index (κ3) is 3.53. The van der Waals surface area contributed by atoms with E-state index in [-0.39, 0.29) is 12.6 Å². The van der Waals surface area contributed by atoms with Crippen LogP contribution in [0.4, 0.5) is 0 Å². The molecule has 2 aromatic rings. The van der Waals surface area contributed by atoms with Gasteiger partial charge in [0.05, 0.1) is 11.7 Å². The average molecular weight is 349 g/mol. The van der Waals surface area contributed by atoms with Crippen LogP contribution in [0.2, 0.25) is 0 Å². The number of H-pyrrole nitrogens is 1. The van der Waals surface area contributed by atoms with Crippen molar-refractivity contribution in [3.8, 4) is 0 Å². The molecule has 10 heteroatoms. The number of carbonyl (C=O) groups excluding carboxylic acids is 1. The van der Waals surface area contributed by atoms with Crippen LogP contribution in [0, 0.1) is 13.8 Å². The smallest absolute Gasteiger partial charge is 0.330 e. The molecule has 1 fully saturated rings. The Bertz CT molecular complexity index is 898. The molecule has 1 aliphatic heterocycles. The highest BCUT2D eigenvalue weighted by Gasteiger charge is 2.39. The van der Waals surface area contributed by atoms with Gasteiger partial charge in [0.1, 0.15) is 18.9 Å². The third-order valence-corrected chi connectivity index (χ3v) is 4.08. The van der Waals surface area contributed by atoms with Crippen molar-refractivity contribution < 1.29 is 14.3 Å². The van der Waals surface area contributed by atoms with E-state index in [1.165, 1.54) is 17.7 Å². The number of esters is 1. The van der Waals surface area contributed by atoms with E-state index >= 15 is 0 Å². The van der Waals surface area contributed by atoms with Gasteiger partial charge in [-0.3, -0.25) is 19.1 Å². The number of aromatic amines is 1. The van der Waals surface area contributed by atoms with Crippen molar-refractivity contribution in [2.45, 2.75) is 45.6 Å². The molecule has 1 aliphatic rings. The van der Waals surface area contributed by atoms with Crippen molar-refractivity contribution in [1.82, 2.24) is 24.5 Å². The first-order chi connectivity index (χ1) is 11.8. The molecule has 0 aliphatic carbocycles. The molecule has 0 bridgehead atoms. The van der Waals surface area contributed by atoms with Crippen LogP contribution in [0.5, 0.6) is 0 Å². The maximum absolute atomic E-state index is 12.1. The highest BCUT2D eigenvalue weighted by Crippen LogP contribution is 2.36. The van der Waals surface area contributed by atoms with E-state index in [2.05, 4.69) is 15.3 Å². The number of aryl methyl sites for hydroxylation is 2. The molecule has 1 N–H and O–H groups in total. The van der Waals surface area contributed by atoms with Gasteiger partial charge >= 0.3 is 11.7 Å². The monoisotopic (exact) mass is 349 g/mol.